The molecule has 1 unspecified atom stereocenters. The molecule has 0 spiro atoms. The van der Waals surface area contributed by atoms with E-state index in [0.29, 0.717) is 19.3 Å². The number of aromatic nitrogens is 1. The van der Waals surface area contributed by atoms with Crippen LogP contribution in [0.3, 0.4) is 0 Å². The van der Waals surface area contributed by atoms with Crippen LogP contribution in [0.25, 0.3) is 10.8 Å². The number of phosphoric ester groups is 1. The number of rotatable bonds is 10. The molecule has 0 radical (unpaired) electrons. The lowest BCUT2D eigenvalue weighted by Crippen LogP contribution is -2.13. The molecule has 0 N–H and O–H groups in total. The van der Waals surface area contributed by atoms with Gasteiger partial charge >= 0.3 is 0 Å². The number of carbonyl (C=O) groups excluding carboxylic acids is 1. The second-order valence-corrected chi connectivity index (χ2v) is 7.49. The predicted molar refractivity (Wildman–Crippen MR) is 94.1 cm³/mol. The minimum absolute atomic E-state index is 0.0228. The maximum atomic E-state index is 12.0. The maximum absolute atomic E-state index is 12.0. The summed E-state index contributed by atoms with van der Waals surface area (Å²) < 4.78 is 20.8. The van der Waals surface area contributed by atoms with Crippen LogP contribution in [0, 0.1) is 0 Å². The van der Waals surface area contributed by atoms with Crippen LogP contribution in [0.5, 0.6) is 0 Å². The SMILES string of the molecule is CC(C)OP(=O)([O-])OCCCCC(=O)Cc1cc2ccccc2cn1. The standard InChI is InChI=1S/C18H24NO5P/c1-14(2)24-25(21,22)23-10-6-5-9-18(20)12-17-11-15-7-3-4-8-16(15)13-19-17/h3-4,7-8,11,13-14H,5-6,9-10,12H2,1-2H3,(H,21,22)/p-1. The highest BCUT2D eigenvalue weighted by Gasteiger charge is 2.11. The number of hydrogen-bond acceptors (Lipinski definition) is 6. The molecule has 1 aromatic carbocycles. The second kappa shape index (κ2) is 9.20. The number of pyridine rings is 1. The molecule has 0 bridgehead atoms. The minimum Gasteiger partial charge on any atom is -0.756 e. The highest BCUT2D eigenvalue weighted by molar-refractivity contribution is 7.45. The fourth-order valence-corrected chi connectivity index (χ4v) is 3.34. The molecule has 6 nitrogen and oxygen atoms in total. The molecule has 0 fully saturated rings. The zero-order chi connectivity index (χ0) is 18.3. The summed E-state index contributed by atoms with van der Waals surface area (Å²) in [4.78, 5) is 27.7. The summed E-state index contributed by atoms with van der Waals surface area (Å²) in [6.07, 6.45) is 3.01. The van der Waals surface area contributed by atoms with E-state index in [2.05, 4.69) is 9.51 Å². The molecule has 1 atom stereocenters. The molecule has 1 heterocycles. The first kappa shape index (κ1) is 19.7. The minimum atomic E-state index is -4.24. The van der Waals surface area contributed by atoms with Crippen molar-refractivity contribution in [3.8, 4) is 0 Å². The van der Waals surface area contributed by atoms with Gasteiger partial charge in [-0.05, 0) is 38.1 Å². The molecule has 0 aliphatic rings. The van der Waals surface area contributed by atoms with Gasteiger partial charge in [-0.1, -0.05) is 24.3 Å². The molecule has 25 heavy (non-hydrogen) atoms. The topological polar surface area (TPSA) is 88.5 Å². The Morgan fingerprint density at radius 2 is 1.96 bits per heavy atom. The quantitative estimate of drug-likeness (QED) is 0.474. The van der Waals surface area contributed by atoms with Crippen LogP contribution in [0.15, 0.2) is 36.5 Å². The van der Waals surface area contributed by atoms with Crippen molar-refractivity contribution in [1.82, 2.24) is 4.98 Å². The van der Waals surface area contributed by atoms with Crippen molar-refractivity contribution < 1.29 is 23.3 Å². The summed E-state index contributed by atoms with van der Waals surface area (Å²) in [5.74, 6) is 0.0755. The predicted octanol–water partition coefficient (Wildman–Crippen LogP) is 3.43. The third-order valence-corrected chi connectivity index (χ3v) is 4.68. The number of ketones is 1. The van der Waals surface area contributed by atoms with E-state index in [1.165, 1.54) is 0 Å². The Balaban J connectivity index is 1.71. The van der Waals surface area contributed by atoms with Gasteiger partial charge in [0.15, 0.2) is 0 Å². The van der Waals surface area contributed by atoms with Gasteiger partial charge in [0.05, 0.1) is 12.7 Å². The summed E-state index contributed by atoms with van der Waals surface area (Å²) in [5.41, 5.74) is 0.745. The summed E-state index contributed by atoms with van der Waals surface area (Å²) in [6.45, 7) is 3.26. The molecule has 0 aliphatic heterocycles. The highest BCUT2D eigenvalue weighted by Crippen LogP contribution is 2.39. The van der Waals surface area contributed by atoms with Gasteiger partial charge in [-0.25, -0.2) is 0 Å². The molecule has 136 valence electrons. The first-order chi connectivity index (χ1) is 11.9. The molecule has 2 rings (SSSR count). The Hall–Kier alpha value is -1.59. The third-order valence-electron chi connectivity index (χ3n) is 3.51. The van der Waals surface area contributed by atoms with E-state index in [9.17, 15) is 14.3 Å². The van der Waals surface area contributed by atoms with Gasteiger partial charge in [0.2, 0.25) is 0 Å². The number of unbranched alkanes of at least 4 members (excludes halogenated alkanes) is 1. The van der Waals surface area contributed by atoms with Crippen molar-refractivity contribution in [2.45, 2.75) is 45.6 Å². The molecule has 1 aromatic heterocycles. The van der Waals surface area contributed by atoms with Crippen molar-refractivity contribution in [2.24, 2.45) is 0 Å². The lowest BCUT2D eigenvalue weighted by atomic mass is 10.1. The van der Waals surface area contributed by atoms with Crippen molar-refractivity contribution in [3.63, 3.8) is 0 Å². The van der Waals surface area contributed by atoms with Gasteiger partial charge in [0.1, 0.15) is 5.78 Å². The normalized spacial score (nSPS) is 13.9. The zero-order valence-corrected chi connectivity index (χ0v) is 15.4. The molecule has 0 amide bonds. The fraction of sp³-hybridized carbons (Fsp3) is 0.444. The average Bonchev–Trinajstić information content (AvgIpc) is 2.53. The first-order valence-electron chi connectivity index (χ1n) is 8.35. The molecule has 2 aromatic rings. The average molecular weight is 364 g/mol. The lowest BCUT2D eigenvalue weighted by molar-refractivity contribution is -0.228. The van der Waals surface area contributed by atoms with E-state index in [0.717, 1.165) is 16.5 Å². The Bertz CT molecular complexity index is 762. The smallest absolute Gasteiger partial charge is 0.268 e. The Kier molecular flexibility index (Phi) is 7.26. The molecule has 7 heteroatoms. The Labute approximate surface area is 147 Å². The van der Waals surface area contributed by atoms with Crippen LogP contribution >= 0.6 is 7.82 Å². The van der Waals surface area contributed by atoms with E-state index in [1.807, 2.05) is 30.3 Å². The zero-order valence-electron chi connectivity index (χ0n) is 14.5. The van der Waals surface area contributed by atoms with Gasteiger partial charge < -0.3 is 13.9 Å². The number of fused-ring (bicyclic) bond motifs is 1. The first-order valence-corrected chi connectivity index (χ1v) is 9.81. The van der Waals surface area contributed by atoms with E-state index in [-0.39, 0.29) is 18.8 Å². The Morgan fingerprint density at radius 1 is 1.24 bits per heavy atom. The van der Waals surface area contributed by atoms with Gasteiger partial charge in [0.25, 0.3) is 7.82 Å². The van der Waals surface area contributed by atoms with Crippen LogP contribution in [0.1, 0.15) is 38.8 Å². The van der Waals surface area contributed by atoms with Crippen molar-refractivity contribution in [2.75, 3.05) is 6.61 Å². The van der Waals surface area contributed by atoms with E-state index >= 15 is 0 Å². The molecule has 0 saturated heterocycles. The monoisotopic (exact) mass is 364 g/mol. The second-order valence-electron chi connectivity index (χ2n) is 6.13. The molecular weight excluding hydrogens is 341 g/mol. The van der Waals surface area contributed by atoms with Crippen LogP contribution in [-0.2, 0) is 24.8 Å². The summed E-state index contributed by atoms with van der Waals surface area (Å²) in [7, 11) is -4.24. The summed E-state index contributed by atoms with van der Waals surface area (Å²) in [6, 6.07) is 9.79. The van der Waals surface area contributed by atoms with Crippen molar-refractivity contribution in [3.05, 3.63) is 42.2 Å². The van der Waals surface area contributed by atoms with E-state index in [4.69, 9.17) is 4.52 Å². The number of carbonyl (C=O) groups is 1. The Morgan fingerprint density at radius 3 is 2.68 bits per heavy atom. The summed E-state index contributed by atoms with van der Waals surface area (Å²) >= 11 is 0. The van der Waals surface area contributed by atoms with E-state index < -0.39 is 13.9 Å². The van der Waals surface area contributed by atoms with Crippen LogP contribution in [0.2, 0.25) is 0 Å². The molecule has 0 saturated carbocycles. The molecular formula is C18H23NO5P-. The number of benzene rings is 1. The molecule has 0 aliphatic carbocycles. The van der Waals surface area contributed by atoms with Crippen molar-refractivity contribution in [1.29, 1.82) is 0 Å². The van der Waals surface area contributed by atoms with Gasteiger partial charge in [-0.2, -0.15) is 0 Å². The lowest BCUT2D eigenvalue weighted by Gasteiger charge is -2.24. The highest BCUT2D eigenvalue weighted by atomic mass is 31.2. The number of hydrogen-bond donors (Lipinski definition) is 0. The van der Waals surface area contributed by atoms with Crippen LogP contribution in [-0.4, -0.2) is 23.5 Å². The number of nitrogens with zero attached hydrogens (tertiary/aromatic N) is 1. The van der Waals surface area contributed by atoms with Crippen LogP contribution < -0.4 is 4.89 Å². The van der Waals surface area contributed by atoms with Crippen molar-refractivity contribution >= 4 is 24.4 Å². The third kappa shape index (κ3) is 7.04. The van der Waals surface area contributed by atoms with E-state index in [1.54, 1.807) is 20.0 Å². The number of Topliss-reactive ketones (excluding diaryl/α,β-unsaturated/α-hetero) is 1. The maximum Gasteiger partial charge on any atom is 0.268 e. The fourth-order valence-electron chi connectivity index (χ4n) is 2.41. The van der Waals surface area contributed by atoms with Gasteiger partial charge in [-0.3, -0.25) is 14.3 Å². The van der Waals surface area contributed by atoms with Crippen LogP contribution in [0.4, 0.5) is 0 Å². The largest absolute Gasteiger partial charge is 0.756 e. The van der Waals surface area contributed by atoms with Gasteiger partial charge in [-0.15, -0.1) is 0 Å². The summed E-state index contributed by atoms with van der Waals surface area (Å²) in [5, 5.41) is 2.10. The van der Waals surface area contributed by atoms with Gasteiger partial charge in [0, 0.05) is 30.1 Å². The number of phosphoric acid groups is 1.